The molecule has 4 heterocycles. The van der Waals surface area contributed by atoms with Gasteiger partial charge in [0.05, 0.1) is 23.3 Å². The van der Waals surface area contributed by atoms with Crippen LogP contribution in [0.3, 0.4) is 0 Å². The summed E-state index contributed by atoms with van der Waals surface area (Å²) in [5, 5.41) is 4.34. The van der Waals surface area contributed by atoms with Gasteiger partial charge in [-0.1, -0.05) is 18.2 Å². The zero-order chi connectivity index (χ0) is 29.6. The lowest BCUT2D eigenvalue weighted by Crippen LogP contribution is -2.28. The highest BCUT2D eigenvalue weighted by molar-refractivity contribution is 7.88. The molecule has 1 aliphatic heterocycles. The lowest BCUT2D eigenvalue weighted by atomic mass is 9.88. The number of pyridine rings is 1. The molecule has 0 saturated heterocycles. The van der Waals surface area contributed by atoms with E-state index in [4.69, 9.17) is 0 Å². The number of fused-ring (bicyclic) bond motifs is 1. The molecule has 0 bridgehead atoms. The van der Waals surface area contributed by atoms with E-state index in [2.05, 4.69) is 24.2 Å². The molecular formula is C25H20F6N6O3S. The average Bonchev–Trinajstić information content (AvgIpc) is 3.52. The number of hydrogen-bond donors (Lipinski definition) is 0. The molecule has 41 heavy (non-hydrogen) atoms. The summed E-state index contributed by atoms with van der Waals surface area (Å²) in [7, 11) is -6.04. The highest BCUT2D eigenvalue weighted by atomic mass is 32.2. The molecule has 0 radical (unpaired) electrons. The molecule has 1 unspecified atom stereocenters. The third kappa shape index (κ3) is 5.82. The van der Waals surface area contributed by atoms with Crippen LogP contribution in [0.15, 0.2) is 48.9 Å². The van der Waals surface area contributed by atoms with Gasteiger partial charge in [-0.25, -0.2) is 19.6 Å². The number of rotatable bonds is 6. The minimum Gasteiger partial charge on any atom is -0.353 e. The molecule has 0 fully saturated rings. The van der Waals surface area contributed by atoms with Crippen molar-refractivity contribution in [2.45, 2.75) is 43.9 Å². The Kier molecular flexibility index (Phi) is 7.13. The van der Waals surface area contributed by atoms with Crippen LogP contribution in [0.25, 0.3) is 17.8 Å². The monoisotopic (exact) mass is 598 g/mol. The Morgan fingerprint density at radius 1 is 1.02 bits per heavy atom. The first kappa shape index (κ1) is 28.3. The Labute approximate surface area is 229 Å². The van der Waals surface area contributed by atoms with Crippen LogP contribution >= 0.6 is 0 Å². The van der Waals surface area contributed by atoms with Crippen LogP contribution in [-0.4, -0.2) is 43.2 Å². The lowest BCUT2D eigenvalue weighted by Gasteiger charge is -2.25. The number of halogens is 6. The number of aryl methyl sites for hydroxylation is 2. The molecule has 0 spiro atoms. The summed E-state index contributed by atoms with van der Waals surface area (Å²) in [5.74, 6) is -1.04. The number of nitrogens with zero attached hydrogens (tertiary/aromatic N) is 6. The predicted molar refractivity (Wildman–Crippen MR) is 133 cm³/mol. The summed E-state index contributed by atoms with van der Waals surface area (Å²) in [6.45, 7) is 2.06. The van der Waals surface area contributed by atoms with Gasteiger partial charge in [0.25, 0.3) is 5.88 Å². The van der Waals surface area contributed by atoms with E-state index in [0.29, 0.717) is 30.9 Å². The van der Waals surface area contributed by atoms with Gasteiger partial charge in [0.15, 0.2) is 5.82 Å². The zero-order valence-corrected chi connectivity index (χ0v) is 21.9. The lowest BCUT2D eigenvalue weighted by molar-refractivity contribution is -0.138. The molecular weight excluding hydrogens is 578 g/mol. The molecule has 0 aliphatic carbocycles. The van der Waals surface area contributed by atoms with Crippen LogP contribution in [0, 0.1) is 6.92 Å². The molecule has 0 amide bonds. The van der Waals surface area contributed by atoms with E-state index >= 15 is 0 Å². The Hall–Kier alpha value is -4.21. The molecule has 216 valence electrons. The van der Waals surface area contributed by atoms with Crippen molar-refractivity contribution in [3.8, 4) is 11.6 Å². The maximum Gasteiger partial charge on any atom is 0.534 e. The Bertz CT molecular complexity index is 1730. The largest absolute Gasteiger partial charge is 0.534 e. The quantitative estimate of drug-likeness (QED) is 0.164. The van der Waals surface area contributed by atoms with E-state index in [-0.39, 0.29) is 22.8 Å². The number of aromatic nitrogens is 6. The van der Waals surface area contributed by atoms with E-state index < -0.39 is 39.2 Å². The van der Waals surface area contributed by atoms with E-state index in [1.807, 2.05) is 0 Å². The number of imidazole rings is 1. The molecule has 1 aromatic carbocycles. The first-order valence-electron chi connectivity index (χ1n) is 12.0. The molecule has 9 nitrogen and oxygen atoms in total. The molecule has 1 aliphatic rings. The maximum atomic E-state index is 13.7. The van der Waals surface area contributed by atoms with Gasteiger partial charge in [-0.3, -0.25) is 0 Å². The van der Waals surface area contributed by atoms with E-state index in [1.165, 1.54) is 64.3 Å². The molecule has 4 aromatic rings. The number of hydrogen-bond acceptors (Lipinski definition) is 7. The fraction of sp³-hybridized carbons (Fsp3) is 0.280. The summed E-state index contributed by atoms with van der Waals surface area (Å²) < 4.78 is 111. The van der Waals surface area contributed by atoms with Gasteiger partial charge < -0.3 is 8.75 Å². The topological polar surface area (TPSA) is 105 Å². The molecule has 5 rings (SSSR count). The minimum atomic E-state index is -6.04. The maximum absolute atomic E-state index is 13.7. The Morgan fingerprint density at radius 3 is 2.46 bits per heavy atom. The zero-order valence-electron chi connectivity index (χ0n) is 21.1. The van der Waals surface area contributed by atoms with E-state index in [1.54, 1.807) is 6.92 Å². The van der Waals surface area contributed by atoms with Crippen LogP contribution in [0.2, 0.25) is 0 Å². The van der Waals surface area contributed by atoms with Crippen LogP contribution in [0.5, 0.6) is 5.88 Å². The van der Waals surface area contributed by atoms with Gasteiger partial charge >= 0.3 is 21.8 Å². The second-order valence-corrected chi connectivity index (χ2v) is 10.7. The first-order chi connectivity index (χ1) is 19.2. The molecule has 0 N–H and O–H groups in total. The van der Waals surface area contributed by atoms with Gasteiger partial charge in [-0.15, -0.1) is 0 Å². The van der Waals surface area contributed by atoms with Crippen LogP contribution in [0.1, 0.15) is 52.9 Å². The van der Waals surface area contributed by atoms with E-state index in [0.717, 1.165) is 6.07 Å². The van der Waals surface area contributed by atoms with Crippen LogP contribution < -0.4 is 4.18 Å². The predicted octanol–water partition coefficient (Wildman–Crippen LogP) is 5.51. The van der Waals surface area contributed by atoms with Crippen molar-refractivity contribution in [3.05, 3.63) is 83.1 Å². The highest BCUT2D eigenvalue weighted by Gasteiger charge is 2.49. The van der Waals surface area contributed by atoms with Crippen molar-refractivity contribution in [1.82, 2.24) is 29.3 Å². The molecule has 3 aromatic heterocycles. The van der Waals surface area contributed by atoms with Crippen molar-refractivity contribution in [2.75, 3.05) is 0 Å². The molecule has 16 heteroatoms. The van der Waals surface area contributed by atoms with Gasteiger partial charge in [0.2, 0.25) is 0 Å². The fourth-order valence-corrected chi connectivity index (χ4v) is 4.88. The van der Waals surface area contributed by atoms with Gasteiger partial charge in [-0.05, 0) is 55.7 Å². The normalized spacial score (nSPS) is 16.2. The average molecular weight is 599 g/mol. The summed E-state index contributed by atoms with van der Waals surface area (Å²) in [5.41, 5.74) is -5.96. The van der Waals surface area contributed by atoms with Crippen molar-refractivity contribution in [3.63, 3.8) is 0 Å². The minimum absolute atomic E-state index is 0.00435. The van der Waals surface area contributed by atoms with Gasteiger partial charge in [0.1, 0.15) is 11.5 Å². The SMILES string of the molecule is Cc1cn(-c2ccc(C=Cc3nc4n(n3)CCCC4c3ccccc3C(F)(F)F)nc2OS(=O)(=O)C(F)(F)F)cn1. The second kappa shape index (κ2) is 10.3. The van der Waals surface area contributed by atoms with Crippen molar-refractivity contribution in [1.29, 1.82) is 0 Å². The number of alkyl halides is 6. The van der Waals surface area contributed by atoms with Crippen LogP contribution in [-0.2, 0) is 22.8 Å². The fourth-order valence-electron chi connectivity index (χ4n) is 4.46. The van der Waals surface area contributed by atoms with Crippen molar-refractivity contribution >= 4 is 22.3 Å². The Morgan fingerprint density at radius 2 is 1.78 bits per heavy atom. The second-order valence-electron chi connectivity index (χ2n) is 9.13. The highest BCUT2D eigenvalue weighted by Crippen LogP contribution is 2.40. The first-order valence-corrected chi connectivity index (χ1v) is 13.5. The molecule has 0 saturated carbocycles. The summed E-state index contributed by atoms with van der Waals surface area (Å²) in [4.78, 5) is 12.3. The number of benzene rings is 1. The van der Waals surface area contributed by atoms with E-state index in [9.17, 15) is 34.8 Å². The van der Waals surface area contributed by atoms with Gasteiger partial charge in [0, 0.05) is 18.7 Å². The standard InChI is InChI=1S/C25H20F6N6O3S/c1-15-13-36(14-32-15)20-10-8-16(33-23(20)40-41(38,39)25(29,30)31)9-11-21-34-22-18(6-4-12-37(22)35-21)17-5-2-3-7-19(17)24(26,27)28/h2-3,5,7-11,13-14,18H,4,6,12H2,1H3. The van der Waals surface area contributed by atoms with Crippen LogP contribution in [0.4, 0.5) is 26.3 Å². The van der Waals surface area contributed by atoms with Crippen molar-refractivity contribution < 1.29 is 38.9 Å². The third-order valence-corrected chi connectivity index (χ3v) is 7.20. The van der Waals surface area contributed by atoms with Gasteiger partial charge in [-0.2, -0.15) is 39.9 Å². The summed E-state index contributed by atoms with van der Waals surface area (Å²) in [6.07, 6.45) is 1.82. The Balaban J connectivity index is 1.48. The summed E-state index contributed by atoms with van der Waals surface area (Å²) >= 11 is 0. The smallest absolute Gasteiger partial charge is 0.353 e. The third-order valence-electron chi connectivity index (χ3n) is 6.26. The van der Waals surface area contributed by atoms with Crippen molar-refractivity contribution in [2.24, 2.45) is 0 Å². The summed E-state index contributed by atoms with van der Waals surface area (Å²) in [6, 6.07) is 7.97. The molecule has 1 atom stereocenters.